The molecule has 0 bridgehead atoms. The summed E-state index contributed by atoms with van der Waals surface area (Å²) in [5.41, 5.74) is 0.973. The van der Waals surface area contributed by atoms with Gasteiger partial charge < -0.3 is 11.2 Å². The largest absolute Gasteiger partial charge is 0.453 e. The maximum absolute atomic E-state index is 12.7. The molecule has 6 nitrogen and oxygen atoms in total. The van der Waals surface area contributed by atoms with E-state index in [-0.39, 0.29) is 22.9 Å². The van der Waals surface area contributed by atoms with Gasteiger partial charge in [-0.25, -0.2) is 4.68 Å². The molecule has 1 amide bonds. The van der Waals surface area contributed by atoms with Crippen LogP contribution >= 0.6 is 11.8 Å². The first-order valence-corrected chi connectivity index (χ1v) is 8.91. The molecule has 0 radical (unpaired) electrons. The van der Waals surface area contributed by atoms with E-state index in [0.717, 1.165) is 23.7 Å². The van der Waals surface area contributed by atoms with E-state index in [2.05, 4.69) is 15.5 Å². The van der Waals surface area contributed by atoms with Crippen molar-refractivity contribution in [1.29, 1.82) is 0 Å². The maximum Gasteiger partial charge on any atom is 0.453 e. The third-order valence-electron chi connectivity index (χ3n) is 3.49. The van der Waals surface area contributed by atoms with Gasteiger partial charge in [0.15, 0.2) is 0 Å². The van der Waals surface area contributed by atoms with Crippen molar-refractivity contribution in [3.63, 3.8) is 0 Å². The third kappa shape index (κ3) is 5.38. The molecule has 1 heterocycles. The Hall–Kier alpha value is -2.23. The van der Waals surface area contributed by atoms with Gasteiger partial charge in [0.1, 0.15) is 0 Å². The van der Waals surface area contributed by atoms with E-state index in [4.69, 9.17) is 5.84 Å². The number of amides is 1. The zero-order valence-corrected chi connectivity index (χ0v) is 15.1. The summed E-state index contributed by atoms with van der Waals surface area (Å²) in [6, 6.07) is 9.34. The Labute approximate surface area is 153 Å². The van der Waals surface area contributed by atoms with Gasteiger partial charge in [0.25, 0.3) is 5.82 Å². The number of carbonyl (C=O) groups excluding carboxylic acids is 1. The summed E-state index contributed by atoms with van der Waals surface area (Å²) in [5, 5.41) is 9.15. The number of thioether (sulfide) groups is 1. The quantitative estimate of drug-likeness (QED) is 0.563. The lowest BCUT2D eigenvalue weighted by molar-refractivity contribution is -0.146. The molecule has 2 rings (SSSR count). The number of alkyl halides is 3. The second kappa shape index (κ2) is 8.43. The number of nitrogens with two attached hydrogens (primary N) is 1. The Morgan fingerprint density at radius 3 is 2.46 bits per heavy atom. The van der Waals surface area contributed by atoms with E-state index in [1.54, 1.807) is 0 Å². The highest BCUT2D eigenvalue weighted by molar-refractivity contribution is 7.99. The van der Waals surface area contributed by atoms with Gasteiger partial charge in [-0.15, -0.1) is 10.2 Å². The van der Waals surface area contributed by atoms with Crippen LogP contribution in [0.25, 0.3) is 0 Å². The fourth-order valence-corrected chi connectivity index (χ4v) is 3.04. The zero-order valence-electron chi connectivity index (χ0n) is 14.3. The molecular weight excluding hydrogens is 367 g/mol. The summed E-state index contributed by atoms with van der Waals surface area (Å²) in [7, 11) is 0. The van der Waals surface area contributed by atoms with Crippen molar-refractivity contribution in [3.05, 3.63) is 41.7 Å². The monoisotopic (exact) mass is 387 g/mol. The normalized spacial score (nSPS) is 13.0. The standard InChI is InChI=1S/C16H20F3N5OS/c1-10(2)8-12(11-6-4-3-5-7-11)21-13(25)9-26-15-23-22-14(24(15)20)16(17,18)19/h3-7,10,12H,8-9,20H2,1-2H3,(H,21,25)/t12-/m0/s1. The summed E-state index contributed by atoms with van der Waals surface area (Å²) in [6.07, 6.45) is -3.95. The highest BCUT2D eigenvalue weighted by atomic mass is 32.2. The number of benzene rings is 1. The van der Waals surface area contributed by atoms with Gasteiger partial charge in [0.2, 0.25) is 11.1 Å². The second-order valence-electron chi connectivity index (χ2n) is 6.12. The second-order valence-corrected chi connectivity index (χ2v) is 7.07. The maximum atomic E-state index is 12.7. The molecule has 0 fully saturated rings. The minimum absolute atomic E-state index is 0.116. The van der Waals surface area contributed by atoms with Gasteiger partial charge in [-0.1, -0.05) is 55.9 Å². The Morgan fingerprint density at radius 1 is 1.27 bits per heavy atom. The van der Waals surface area contributed by atoms with E-state index < -0.39 is 12.0 Å². The van der Waals surface area contributed by atoms with Crippen molar-refractivity contribution in [2.45, 2.75) is 37.6 Å². The molecule has 0 saturated heterocycles. The SMILES string of the molecule is CC(C)C[C@H](NC(=O)CSc1nnc(C(F)(F)F)n1N)c1ccccc1. The van der Waals surface area contributed by atoms with E-state index >= 15 is 0 Å². The van der Waals surface area contributed by atoms with E-state index in [1.807, 2.05) is 44.2 Å². The van der Waals surface area contributed by atoms with Gasteiger partial charge in [-0.05, 0) is 17.9 Å². The molecule has 1 aromatic heterocycles. The average Bonchev–Trinajstić information content (AvgIpc) is 2.94. The van der Waals surface area contributed by atoms with Crippen LogP contribution < -0.4 is 11.2 Å². The molecule has 1 atom stereocenters. The van der Waals surface area contributed by atoms with E-state index in [9.17, 15) is 18.0 Å². The van der Waals surface area contributed by atoms with E-state index in [1.165, 1.54) is 0 Å². The van der Waals surface area contributed by atoms with Crippen LogP contribution in [0.3, 0.4) is 0 Å². The van der Waals surface area contributed by atoms with Crippen LogP contribution in [0, 0.1) is 5.92 Å². The molecule has 0 aliphatic rings. The molecule has 2 aromatic rings. The molecule has 26 heavy (non-hydrogen) atoms. The van der Waals surface area contributed by atoms with Crippen molar-refractivity contribution in [1.82, 2.24) is 20.2 Å². The minimum atomic E-state index is -4.70. The Morgan fingerprint density at radius 2 is 1.92 bits per heavy atom. The van der Waals surface area contributed by atoms with Crippen LogP contribution in [-0.4, -0.2) is 26.5 Å². The summed E-state index contributed by atoms with van der Waals surface area (Å²) < 4.78 is 38.3. The number of halogens is 3. The average molecular weight is 387 g/mol. The predicted octanol–water partition coefficient (Wildman–Crippen LogP) is 3.01. The Kier molecular flexibility index (Phi) is 6.52. The van der Waals surface area contributed by atoms with Crippen molar-refractivity contribution >= 4 is 17.7 Å². The van der Waals surface area contributed by atoms with Crippen LogP contribution in [0.4, 0.5) is 13.2 Å². The number of nitrogen functional groups attached to an aromatic ring is 1. The van der Waals surface area contributed by atoms with Gasteiger partial charge in [-0.2, -0.15) is 13.2 Å². The molecule has 0 spiro atoms. The number of rotatable bonds is 7. The van der Waals surface area contributed by atoms with E-state index in [0.29, 0.717) is 10.6 Å². The van der Waals surface area contributed by atoms with Gasteiger partial charge in [-0.3, -0.25) is 4.79 Å². The van der Waals surface area contributed by atoms with Crippen LogP contribution in [0.2, 0.25) is 0 Å². The highest BCUT2D eigenvalue weighted by Gasteiger charge is 2.38. The summed E-state index contributed by atoms with van der Waals surface area (Å²) in [5.74, 6) is 3.97. The molecule has 10 heteroatoms. The van der Waals surface area contributed by atoms with Crippen LogP contribution in [0.1, 0.15) is 37.7 Å². The number of nitrogens with zero attached hydrogens (tertiary/aromatic N) is 3. The summed E-state index contributed by atoms with van der Waals surface area (Å²) >= 11 is 0.800. The smallest absolute Gasteiger partial charge is 0.349 e. The molecule has 142 valence electrons. The zero-order chi connectivity index (χ0) is 19.3. The van der Waals surface area contributed by atoms with Crippen molar-refractivity contribution in [3.8, 4) is 0 Å². The lowest BCUT2D eigenvalue weighted by atomic mass is 9.97. The van der Waals surface area contributed by atoms with Crippen LogP contribution in [-0.2, 0) is 11.0 Å². The van der Waals surface area contributed by atoms with Crippen LogP contribution in [0.5, 0.6) is 0 Å². The number of hydrogen-bond acceptors (Lipinski definition) is 5. The lowest BCUT2D eigenvalue weighted by Gasteiger charge is -2.21. The first-order chi connectivity index (χ1) is 12.2. The molecule has 0 unspecified atom stereocenters. The van der Waals surface area contributed by atoms with Crippen molar-refractivity contribution in [2.24, 2.45) is 5.92 Å². The number of nitrogens with one attached hydrogen (secondary N) is 1. The highest BCUT2D eigenvalue weighted by Crippen LogP contribution is 2.29. The minimum Gasteiger partial charge on any atom is -0.349 e. The van der Waals surface area contributed by atoms with Gasteiger partial charge >= 0.3 is 6.18 Å². The molecule has 0 aliphatic carbocycles. The summed E-state index contributed by atoms with van der Waals surface area (Å²) in [6.45, 7) is 4.10. The Bertz CT molecular complexity index is 733. The molecular formula is C16H20F3N5OS. The first-order valence-electron chi connectivity index (χ1n) is 7.93. The van der Waals surface area contributed by atoms with Gasteiger partial charge in [0, 0.05) is 0 Å². The van der Waals surface area contributed by atoms with Crippen LogP contribution in [0.15, 0.2) is 35.5 Å². The number of hydrogen-bond donors (Lipinski definition) is 2. The lowest BCUT2D eigenvalue weighted by Crippen LogP contribution is -2.31. The Balaban J connectivity index is 2.00. The van der Waals surface area contributed by atoms with Crippen molar-refractivity contribution < 1.29 is 18.0 Å². The third-order valence-corrected chi connectivity index (χ3v) is 4.44. The fourth-order valence-electron chi connectivity index (χ4n) is 2.37. The predicted molar refractivity (Wildman–Crippen MR) is 92.7 cm³/mol. The first kappa shape index (κ1) is 20.1. The fraction of sp³-hybridized carbons (Fsp3) is 0.438. The number of aromatic nitrogens is 3. The topological polar surface area (TPSA) is 85.8 Å². The molecule has 0 aliphatic heterocycles. The molecule has 1 aromatic carbocycles. The number of carbonyl (C=O) groups is 1. The summed E-state index contributed by atoms with van der Waals surface area (Å²) in [4.78, 5) is 12.2. The van der Waals surface area contributed by atoms with Gasteiger partial charge in [0.05, 0.1) is 11.8 Å². The molecule has 0 saturated carbocycles. The van der Waals surface area contributed by atoms with Crippen molar-refractivity contribution in [2.75, 3.05) is 11.6 Å². The molecule has 3 N–H and O–H groups in total.